The molecule has 0 aliphatic carbocycles. The van der Waals surface area contributed by atoms with E-state index in [0.29, 0.717) is 12.2 Å². The van der Waals surface area contributed by atoms with Crippen LogP contribution in [0.1, 0.15) is 22.8 Å². The summed E-state index contributed by atoms with van der Waals surface area (Å²) in [6, 6.07) is 11.3. The van der Waals surface area contributed by atoms with Crippen LogP contribution in [-0.4, -0.2) is 37.6 Å². The number of ether oxygens (including phenoxy) is 1. The van der Waals surface area contributed by atoms with Crippen molar-refractivity contribution in [3.63, 3.8) is 0 Å². The first-order valence-electron chi connectivity index (χ1n) is 9.69. The molecule has 4 aromatic rings. The van der Waals surface area contributed by atoms with Gasteiger partial charge in [0.25, 0.3) is 0 Å². The predicted octanol–water partition coefficient (Wildman–Crippen LogP) is 3.96. The van der Waals surface area contributed by atoms with Crippen LogP contribution >= 0.6 is 0 Å². The number of carbonyl (C=O) groups is 1. The van der Waals surface area contributed by atoms with Crippen LogP contribution in [0.2, 0.25) is 0 Å². The SMILES string of the molecule is CCOC(=O)c1cncc(-c2cccnc2)c1.OCc1cncc(-c2cccnc2)c1. The summed E-state index contributed by atoms with van der Waals surface area (Å²) in [7, 11) is 0. The number of pyridine rings is 4. The molecule has 4 rings (SSSR count). The molecule has 0 aliphatic rings. The monoisotopic (exact) mass is 414 g/mol. The first-order chi connectivity index (χ1) is 15.2. The third-order valence-electron chi connectivity index (χ3n) is 4.22. The summed E-state index contributed by atoms with van der Waals surface area (Å²) in [6.07, 6.45) is 13.5. The Kier molecular flexibility index (Phi) is 7.90. The van der Waals surface area contributed by atoms with Crippen molar-refractivity contribution < 1.29 is 14.6 Å². The average molecular weight is 414 g/mol. The Balaban J connectivity index is 0.000000179. The molecule has 4 heterocycles. The van der Waals surface area contributed by atoms with Crippen LogP contribution in [0.3, 0.4) is 0 Å². The number of aliphatic hydroxyl groups is 1. The third-order valence-corrected chi connectivity index (χ3v) is 4.22. The Morgan fingerprint density at radius 3 is 1.94 bits per heavy atom. The lowest BCUT2D eigenvalue weighted by Gasteiger charge is -2.04. The molecule has 156 valence electrons. The molecular formula is C24H22N4O3. The van der Waals surface area contributed by atoms with Crippen molar-refractivity contribution in [2.45, 2.75) is 13.5 Å². The number of esters is 1. The molecule has 0 fully saturated rings. The number of carbonyl (C=O) groups excluding carboxylic acids is 1. The van der Waals surface area contributed by atoms with E-state index in [9.17, 15) is 4.79 Å². The molecule has 0 radical (unpaired) electrons. The average Bonchev–Trinajstić information content (AvgIpc) is 2.86. The zero-order valence-electron chi connectivity index (χ0n) is 17.0. The lowest BCUT2D eigenvalue weighted by atomic mass is 10.1. The van der Waals surface area contributed by atoms with E-state index in [1.54, 1.807) is 56.4 Å². The standard InChI is InChI=1S/C13H12N2O2.C11H10N2O/c1-2-17-13(16)12-6-11(8-15-9-12)10-4-3-5-14-7-10;14-8-9-4-11(7-13-5-9)10-2-1-3-12-6-10/h3-9H,2H2,1H3;1-7,14H,8H2. The van der Waals surface area contributed by atoms with Gasteiger partial charge in [0, 0.05) is 71.8 Å². The molecule has 0 aromatic carbocycles. The predicted molar refractivity (Wildman–Crippen MR) is 117 cm³/mol. The fourth-order valence-corrected chi connectivity index (χ4v) is 2.72. The van der Waals surface area contributed by atoms with Gasteiger partial charge < -0.3 is 9.84 Å². The summed E-state index contributed by atoms with van der Waals surface area (Å²) in [4.78, 5) is 27.7. The highest BCUT2D eigenvalue weighted by Crippen LogP contribution is 2.18. The Bertz CT molecular complexity index is 1110. The van der Waals surface area contributed by atoms with Gasteiger partial charge in [-0.05, 0) is 36.8 Å². The second kappa shape index (κ2) is 11.3. The van der Waals surface area contributed by atoms with Crippen LogP contribution in [0.25, 0.3) is 22.3 Å². The van der Waals surface area contributed by atoms with Crippen molar-refractivity contribution >= 4 is 5.97 Å². The zero-order chi connectivity index (χ0) is 21.9. The minimum atomic E-state index is -0.356. The maximum absolute atomic E-state index is 11.6. The van der Waals surface area contributed by atoms with Gasteiger partial charge in [0.05, 0.1) is 18.8 Å². The largest absolute Gasteiger partial charge is 0.462 e. The maximum atomic E-state index is 11.6. The summed E-state index contributed by atoms with van der Waals surface area (Å²) in [6.45, 7) is 2.15. The highest BCUT2D eigenvalue weighted by Gasteiger charge is 2.08. The molecule has 4 aromatic heterocycles. The van der Waals surface area contributed by atoms with E-state index in [1.165, 1.54) is 6.20 Å². The van der Waals surface area contributed by atoms with Gasteiger partial charge in [-0.15, -0.1) is 0 Å². The number of hydrogen-bond acceptors (Lipinski definition) is 7. The Morgan fingerprint density at radius 1 is 0.806 bits per heavy atom. The highest BCUT2D eigenvalue weighted by atomic mass is 16.5. The van der Waals surface area contributed by atoms with Crippen molar-refractivity contribution in [2.24, 2.45) is 0 Å². The number of aliphatic hydroxyl groups excluding tert-OH is 1. The van der Waals surface area contributed by atoms with Gasteiger partial charge in [0.2, 0.25) is 0 Å². The van der Waals surface area contributed by atoms with E-state index in [2.05, 4.69) is 19.9 Å². The van der Waals surface area contributed by atoms with Crippen LogP contribution in [0, 0.1) is 0 Å². The molecule has 0 aliphatic heterocycles. The van der Waals surface area contributed by atoms with Crippen LogP contribution < -0.4 is 0 Å². The zero-order valence-corrected chi connectivity index (χ0v) is 17.0. The minimum Gasteiger partial charge on any atom is -0.462 e. The molecule has 0 spiro atoms. The molecule has 7 nitrogen and oxygen atoms in total. The van der Waals surface area contributed by atoms with Crippen molar-refractivity contribution in [1.82, 2.24) is 19.9 Å². The van der Waals surface area contributed by atoms with Gasteiger partial charge in [0.1, 0.15) is 0 Å². The molecule has 0 saturated carbocycles. The van der Waals surface area contributed by atoms with Crippen molar-refractivity contribution in [3.05, 3.63) is 97.1 Å². The summed E-state index contributed by atoms with van der Waals surface area (Å²) < 4.78 is 4.92. The van der Waals surface area contributed by atoms with Gasteiger partial charge in [-0.2, -0.15) is 0 Å². The van der Waals surface area contributed by atoms with Crippen LogP contribution in [0.5, 0.6) is 0 Å². The Hall–Kier alpha value is -3.97. The minimum absolute atomic E-state index is 0.0150. The number of aromatic nitrogens is 4. The first kappa shape index (κ1) is 21.7. The summed E-state index contributed by atoms with van der Waals surface area (Å²) in [5.41, 5.74) is 5.02. The molecule has 0 amide bonds. The summed E-state index contributed by atoms with van der Waals surface area (Å²) in [5, 5.41) is 8.95. The lowest BCUT2D eigenvalue weighted by Crippen LogP contribution is -2.05. The second-order valence-corrected chi connectivity index (χ2v) is 6.41. The van der Waals surface area contributed by atoms with Gasteiger partial charge >= 0.3 is 5.97 Å². The summed E-state index contributed by atoms with van der Waals surface area (Å²) in [5.74, 6) is -0.356. The molecular weight excluding hydrogens is 392 g/mol. The second-order valence-electron chi connectivity index (χ2n) is 6.41. The fourth-order valence-electron chi connectivity index (χ4n) is 2.72. The van der Waals surface area contributed by atoms with Gasteiger partial charge in [-0.3, -0.25) is 19.9 Å². The van der Waals surface area contributed by atoms with Crippen molar-refractivity contribution in [3.8, 4) is 22.3 Å². The smallest absolute Gasteiger partial charge is 0.339 e. The van der Waals surface area contributed by atoms with Crippen LogP contribution in [-0.2, 0) is 11.3 Å². The molecule has 0 unspecified atom stereocenters. The molecule has 0 saturated heterocycles. The lowest BCUT2D eigenvalue weighted by molar-refractivity contribution is 0.0526. The van der Waals surface area contributed by atoms with E-state index < -0.39 is 0 Å². The fraction of sp³-hybridized carbons (Fsp3) is 0.125. The van der Waals surface area contributed by atoms with E-state index in [4.69, 9.17) is 9.84 Å². The van der Waals surface area contributed by atoms with Crippen molar-refractivity contribution in [1.29, 1.82) is 0 Å². The van der Waals surface area contributed by atoms with E-state index >= 15 is 0 Å². The number of rotatable bonds is 5. The molecule has 7 heteroatoms. The van der Waals surface area contributed by atoms with E-state index in [1.807, 2.05) is 30.3 Å². The quantitative estimate of drug-likeness (QED) is 0.494. The Labute approximate surface area is 180 Å². The third kappa shape index (κ3) is 6.25. The first-order valence-corrected chi connectivity index (χ1v) is 9.69. The van der Waals surface area contributed by atoms with Gasteiger partial charge in [-0.1, -0.05) is 12.1 Å². The van der Waals surface area contributed by atoms with E-state index in [-0.39, 0.29) is 12.6 Å². The highest BCUT2D eigenvalue weighted by molar-refractivity contribution is 5.90. The van der Waals surface area contributed by atoms with Gasteiger partial charge in [-0.25, -0.2) is 4.79 Å². The number of hydrogen-bond donors (Lipinski definition) is 1. The number of nitrogens with zero attached hydrogens (tertiary/aromatic N) is 4. The molecule has 0 atom stereocenters. The summed E-state index contributed by atoms with van der Waals surface area (Å²) >= 11 is 0. The molecule has 1 N–H and O–H groups in total. The molecule has 0 bridgehead atoms. The van der Waals surface area contributed by atoms with Gasteiger partial charge in [0.15, 0.2) is 0 Å². The normalized spacial score (nSPS) is 10.0. The Morgan fingerprint density at radius 2 is 1.39 bits per heavy atom. The maximum Gasteiger partial charge on any atom is 0.339 e. The van der Waals surface area contributed by atoms with Crippen molar-refractivity contribution in [2.75, 3.05) is 6.61 Å². The topological polar surface area (TPSA) is 98.1 Å². The van der Waals surface area contributed by atoms with E-state index in [0.717, 1.165) is 27.8 Å². The van der Waals surface area contributed by atoms with Crippen LogP contribution in [0.15, 0.2) is 86.0 Å². The molecule has 31 heavy (non-hydrogen) atoms. The van der Waals surface area contributed by atoms with Crippen LogP contribution in [0.4, 0.5) is 0 Å².